The van der Waals surface area contributed by atoms with Crippen LogP contribution in [0.4, 0.5) is 4.39 Å². The molecule has 1 atom stereocenters. The summed E-state index contributed by atoms with van der Waals surface area (Å²) in [5.41, 5.74) is 3.30. The molecule has 0 bridgehead atoms. The van der Waals surface area contributed by atoms with Crippen LogP contribution in [0.1, 0.15) is 46.7 Å². The minimum Gasteiger partial charge on any atom is -0.385 e. The van der Waals surface area contributed by atoms with Crippen LogP contribution in [0.3, 0.4) is 0 Å². The summed E-state index contributed by atoms with van der Waals surface area (Å²) >= 11 is 0. The van der Waals surface area contributed by atoms with Gasteiger partial charge in [0.2, 0.25) is 0 Å². The molecule has 4 aromatic rings. The van der Waals surface area contributed by atoms with Crippen LogP contribution in [0.5, 0.6) is 0 Å². The number of fused-ring (bicyclic) bond motifs is 1. The zero-order valence-electron chi connectivity index (χ0n) is 21.0. The molecule has 186 valence electrons. The van der Waals surface area contributed by atoms with E-state index in [2.05, 4.69) is 0 Å². The zero-order valence-corrected chi connectivity index (χ0v) is 21.0. The van der Waals surface area contributed by atoms with E-state index in [9.17, 15) is 14.0 Å². The molecule has 7 heteroatoms. The molecule has 0 spiro atoms. The SMILES string of the molecule is COCCCN(C(=O)c1cccc(F)c1)C(C)c1nc2ccccc2c(=O)n1-c1ccc(C)cc1C. The first-order valence-corrected chi connectivity index (χ1v) is 12.0. The molecule has 6 nitrogen and oxygen atoms in total. The minimum atomic E-state index is -0.587. The van der Waals surface area contributed by atoms with E-state index < -0.39 is 11.9 Å². The molecule has 0 saturated carbocycles. The van der Waals surface area contributed by atoms with Crippen LogP contribution in [-0.2, 0) is 4.74 Å². The zero-order chi connectivity index (χ0) is 25.8. The fourth-order valence-electron chi connectivity index (χ4n) is 4.50. The summed E-state index contributed by atoms with van der Waals surface area (Å²) in [5, 5.41) is 0.496. The van der Waals surface area contributed by atoms with Crippen molar-refractivity contribution in [3.8, 4) is 5.69 Å². The van der Waals surface area contributed by atoms with Gasteiger partial charge in [0.1, 0.15) is 11.6 Å². The van der Waals surface area contributed by atoms with Gasteiger partial charge in [-0.25, -0.2) is 9.37 Å². The number of hydrogen-bond acceptors (Lipinski definition) is 4. The number of halogens is 1. The van der Waals surface area contributed by atoms with E-state index in [1.54, 1.807) is 34.8 Å². The number of amides is 1. The first-order valence-electron chi connectivity index (χ1n) is 12.0. The van der Waals surface area contributed by atoms with Crippen LogP contribution in [0.15, 0.2) is 71.5 Å². The lowest BCUT2D eigenvalue weighted by atomic mass is 10.1. The molecule has 36 heavy (non-hydrogen) atoms. The Kier molecular flexibility index (Phi) is 7.60. The lowest BCUT2D eigenvalue weighted by molar-refractivity contribution is 0.0657. The highest BCUT2D eigenvalue weighted by Gasteiger charge is 2.28. The highest BCUT2D eigenvalue weighted by atomic mass is 19.1. The lowest BCUT2D eigenvalue weighted by Crippen LogP contribution is -2.38. The van der Waals surface area contributed by atoms with Crippen molar-refractivity contribution in [3.05, 3.63) is 105 Å². The van der Waals surface area contributed by atoms with Gasteiger partial charge in [-0.3, -0.25) is 14.2 Å². The van der Waals surface area contributed by atoms with Gasteiger partial charge in [0.15, 0.2) is 0 Å². The summed E-state index contributed by atoms with van der Waals surface area (Å²) < 4.78 is 20.8. The number of methoxy groups -OCH3 is 1. The highest BCUT2D eigenvalue weighted by Crippen LogP contribution is 2.26. The van der Waals surface area contributed by atoms with Gasteiger partial charge in [-0.2, -0.15) is 0 Å². The predicted octanol–water partition coefficient (Wildman–Crippen LogP) is 5.38. The number of carbonyl (C=O) groups is 1. The first kappa shape index (κ1) is 25.3. The van der Waals surface area contributed by atoms with Crippen LogP contribution in [0.25, 0.3) is 16.6 Å². The van der Waals surface area contributed by atoms with Crippen LogP contribution in [-0.4, -0.2) is 40.6 Å². The predicted molar refractivity (Wildman–Crippen MR) is 139 cm³/mol. The standard InChI is InChI=1S/C29H30FN3O3/c1-19-13-14-26(20(2)17-19)33-27(31-25-12-6-5-11-24(25)29(33)35)21(3)32(15-8-16-36-4)28(34)22-9-7-10-23(30)18-22/h5-7,9-14,17-18,21H,8,15-16H2,1-4H3. The Morgan fingerprint density at radius 1 is 1.08 bits per heavy atom. The van der Waals surface area contributed by atoms with Crippen molar-refractivity contribution in [3.63, 3.8) is 0 Å². The molecule has 1 heterocycles. The fourth-order valence-corrected chi connectivity index (χ4v) is 4.50. The number of ether oxygens (including phenoxy) is 1. The van der Waals surface area contributed by atoms with E-state index in [-0.39, 0.29) is 17.0 Å². The number of aryl methyl sites for hydroxylation is 2. The number of aromatic nitrogens is 2. The van der Waals surface area contributed by atoms with Gasteiger partial charge < -0.3 is 9.64 Å². The summed E-state index contributed by atoms with van der Waals surface area (Å²) in [5.74, 6) is -0.387. The van der Waals surface area contributed by atoms with Gasteiger partial charge in [0.05, 0.1) is 22.6 Å². The maximum Gasteiger partial charge on any atom is 0.266 e. The van der Waals surface area contributed by atoms with Crippen molar-refractivity contribution in [2.75, 3.05) is 20.3 Å². The minimum absolute atomic E-state index is 0.204. The molecule has 4 rings (SSSR count). The topological polar surface area (TPSA) is 64.4 Å². The maximum atomic E-state index is 14.0. The van der Waals surface area contributed by atoms with Crippen LogP contribution < -0.4 is 5.56 Å². The first-order chi connectivity index (χ1) is 17.3. The van der Waals surface area contributed by atoms with E-state index in [0.29, 0.717) is 42.0 Å². The van der Waals surface area contributed by atoms with Crippen molar-refractivity contribution < 1.29 is 13.9 Å². The Labute approximate surface area is 210 Å². The van der Waals surface area contributed by atoms with E-state index in [0.717, 1.165) is 11.1 Å². The van der Waals surface area contributed by atoms with Gasteiger partial charge >= 0.3 is 0 Å². The third-order valence-corrected chi connectivity index (χ3v) is 6.32. The Morgan fingerprint density at radius 2 is 1.86 bits per heavy atom. The van der Waals surface area contributed by atoms with Crippen LogP contribution in [0, 0.1) is 19.7 Å². The molecule has 0 N–H and O–H groups in total. The second-order valence-corrected chi connectivity index (χ2v) is 8.95. The van der Waals surface area contributed by atoms with E-state index in [1.165, 1.54) is 18.2 Å². The maximum absolute atomic E-state index is 14.0. The number of benzene rings is 3. The summed E-state index contributed by atoms with van der Waals surface area (Å²) in [6.07, 6.45) is 0.573. The summed E-state index contributed by atoms with van der Waals surface area (Å²) in [6, 6.07) is 18.1. The van der Waals surface area contributed by atoms with Gasteiger partial charge in [-0.05, 0) is 69.2 Å². The van der Waals surface area contributed by atoms with Crippen molar-refractivity contribution in [2.45, 2.75) is 33.2 Å². The van der Waals surface area contributed by atoms with Gasteiger partial charge in [0.25, 0.3) is 11.5 Å². The molecule has 1 aromatic heterocycles. The number of hydrogen-bond donors (Lipinski definition) is 0. The van der Waals surface area contributed by atoms with Crippen molar-refractivity contribution in [1.82, 2.24) is 14.5 Å². The number of carbonyl (C=O) groups excluding carboxylic acids is 1. The molecule has 0 aliphatic carbocycles. The second-order valence-electron chi connectivity index (χ2n) is 8.95. The fraction of sp³-hybridized carbons (Fsp3) is 0.276. The van der Waals surface area contributed by atoms with Crippen molar-refractivity contribution in [2.24, 2.45) is 0 Å². The van der Waals surface area contributed by atoms with E-state index in [4.69, 9.17) is 9.72 Å². The molecule has 1 unspecified atom stereocenters. The third-order valence-electron chi connectivity index (χ3n) is 6.32. The number of para-hydroxylation sites is 1. The second kappa shape index (κ2) is 10.8. The monoisotopic (exact) mass is 487 g/mol. The largest absolute Gasteiger partial charge is 0.385 e. The Bertz CT molecular complexity index is 1460. The Morgan fingerprint density at radius 3 is 2.58 bits per heavy atom. The van der Waals surface area contributed by atoms with E-state index in [1.807, 2.05) is 51.1 Å². The van der Waals surface area contributed by atoms with Crippen LogP contribution >= 0.6 is 0 Å². The van der Waals surface area contributed by atoms with Gasteiger partial charge in [-0.15, -0.1) is 0 Å². The van der Waals surface area contributed by atoms with Crippen molar-refractivity contribution >= 4 is 16.8 Å². The molecular weight excluding hydrogens is 457 g/mol. The third kappa shape index (κ3) is 5.06. The summed E-state index contributed by atoms with van der Waals surface area (Å²) in [7, 11) is 1.60. The molecule has 0 radical (unpaired) electrons. The average molecular weight is 488 g/mol. The van der Waals surface area contributed by atoms with Crippen molar-refractivity contribution in [1.29, 1.82) is 0 Å². The molecule has 1 amide bonds. The molecule has 0 aliphatic rings. The number of nitrogens with zero attached hydrogens (tertiary/aromatic N) is 3. The Balaban J connectivity index is 1.91. The smallest absolute Gasteiger partial charge is 0.266 e. The normalized spacial score (nSPS) is 12.0. The Hall–Kier alpha value is -3.84. The molecule has 3 aromatic carbocycles. The molecule has 0 aliphatic heterocycles. The van der Waals surface area contributed by atoms with Gasteiger partial charge in [-0.1, -0.05) is 35.9 Å². The van der Waals surface area contributed by atoms with E-state index >= 15 is 0 Å². The number of rotatable bonds is 8. The van der Waals surface area contributed by atoms with Gasteiger partial charge in [0, 0.05) is 25.8 Å². The van der Waals surface area contributed by atoms with Crippen LogP contribution in [0.2, 0.25) is 0 Å². The molecule has 0 saturated heterocycles. The molecule has 0 fully saturated rings. The molecular formula is C29H30FN3O3. The average Bonchev–Trinajstić information content (AvgIpc) is 2.86. The quantitative estimate of drug-likeness (QED) is 0.313. The summed E-state index contributed by atoms with van der Waals surface area (Å²) in [6.45, 7) is 6.60. The lowest BCUT2D eigenvalue weighted by Gasteiger charge is -2.31. The summed E-state index contributed by atoms with van der Waals surface area (Å²) in [4.78, 5) is 33.9. The highest BCUT2D eigenvalue weighted by molar-refractivity contribution is 5.94.